The van der Waals surface area contributed by atoms with Crippen LogP contribution in [-0.2, 0) is 11.3 Å². The van der Waals surface area contributed by atoms with Gasteiger partial charge in [-0.05, 0) is 16.0 Å². The van der Waals surface area contributed by atoms with Crippen LogP contribution in [0.25, 0.3) is 5.65 Å². The molecule has 0 aliphatic heterocycles. The molecule has 25 heavy (non-hydrogen) atoms. The molecule has 0 saturated carbocycles. The van der Waals surface area contributed by atoms with Gasteiger partial charge in [0.15, 0.2) is 11.7 Å². The highest BCUT2D eigenvalue weighted by Gasteiger charge is 2.23. The zero-order valence-electron chi connectivity index (χ0n) is 13.1. The fourth-order valence-corrected chi connectivity index (χ4v) is 2.65. The Morgan fingerprint density at radius 1 is 1.20 bits per heavy atom. The number of amides is 1. The Labute approximate surface area is 142 Å². The highest BCUT2D eigenvalue weighted by molar-refractivity contribution is 5.83. The predicted molar refractivity (Wildman–Crippen MR) is 87.2 cm³/mol. The molecule has 4 rings (SSSR count). The molecule has 9 nitrogen and oxygen atoms in total. The van der Waals surface area contributed by atoms with Crippen LogP contribution < -0.4 is 5.32 Å². The van der Waals surface area contributed by atoms with Gasteiger partial charge in [0.25, 0.3) is 0 Å². The molecule has 1 unspecified atom stereocenters. The molecule has 0 spiro atoms. The minimum atomic E-state index is -0.642. The molecule has 1 amide bonds. The summed E-state index contributed by atoms with van der Waals surface area (Å²) in [6.45, 7) is 0.329. The molecule has 1 atom stereocenters. The van der Waals surface area contributed by atoms with Crippen molar-refractivity contribution in [1.29, 1.82) is 0 Å². The number of nitrogens with zero attached hydrogens (tertiary/aromatic N) is 7. The third-order valence-electron chi connectivity index (χ3n) is 3.83. The van der Waals surface area contributed by atoms with E-state index in [9.17, 15) is 4.79 Å². The smallest absolute Gasteiger partial charge is 0.249 e. The average molecular weight is 334 g/mol. The summed E-state index contributed by atoms with van der Waals surface area (Å²) in [7, 11) is 0. The maximum Gasteiger partial charge on any atom is 0.249 e. The number of aromatic nitrogens is 7. The molecule has 124 valence electrons. The van der Waals surface area contributed by atoms with E-state index in [1.54, 1.807) is 24.8 Å². The van der Waals surface area contributed by atoms with Gasteiger partial charge >= 0.3 is 0 Å². The van der Waals surface area contributed by atoms with Crippen molar-refractivity contribution in [2.24, 2.45) is 0 Å². The van der Waals surface area contributed by atoms with Gasteiger partial charge in [-0.3, -0.25) is 14.2 Å². The van der Waals surface area contributed by atoms with Crippen molar-refractivity contribution in [3.63, 3.8) is 0 Å². The number of hydrogen-bond donors (Lipinski definition) is 1. The Morgan fingerprint density at radius 2 is 2.08 bits per heavy atom. The Kier molecular flexibility index (Phi) is 3.87. The topological polar surface area (TPSA) is 103 Å². The molecular formula is C16H14N8O. The zero-order chi connectivity index (χ0) is 17.1. The number of fused-ring (bicyclic) bond motifs is 1. The third-order valence-corrected chi connectivity index (χ3v) is 3.83. The number of rotatable bonds is 5. The zero-order valence-corrected chi connectivity index (χ0v) is 13.1. The van der Waals surface area contributed by atoms with E-state index in [2.05, 4.69) is 30.8 Å². The maximum absolute atomic E-state index is 12.8. The second-order valence-electron chi connectivity index (χ2n) is 5.37. The number of tetrazole rings is 1. The van der Waals surface area contributed by atoms with Crippen molar-refractivity contribution in [2.75, 3.05) is 0 Å². The second-order valence-corrected chi connectivity index (χ2v) is 5.37. The van der Waals surface area contributed by atoms with Gasteiger partial charge in [0, 0.05) is 12.4 Å². The van der Waals surface area contributed by atoms with Crippen LogP contribution in [0.3, 0.4) is 0 Å². The molecule has 3 aromatic heterocycles. The molecule has 0 radical (unpaired) electrons. The fraction of sp³-hybridized carbons (Fsp3) is 0.125. The highest BCUT2D eigenvalue weighted by Crippen LogP contribution is 2.17. The number of hydrogen-bond acceptors (Lipinski definition) is 6. The number of carbonyl (C=O) groups is 1. The van der Waals surface area contributed by atoms with Gasteiger partial charge in [0.2, 0.25) is 5.91 Å². The summed E-state index contributed by atoms with van der Waals surface area (Å²) in [6.07, 6.45) is 8.29. The van der Waals surface area contributed by atoms with Crippen molar-refractivity contribution in [1.82, 2.24) is 39.9 Å². The van der Waals surface area contributed by atoms with Gasteiger partial charge in [-0.1, -0.05) is 30.3 Å². The van der Waals surface area contributed by atoms with Crippen molar-refractivity contribution in [2.45, 2.75) is 12.6 Å². The molecule has 9 heteroatoms. The quantitative estimate of drug-likeness (QED) is 0.574. The normalized spacial score (nSPS) is 12.2. The summed E-state index contributed by atoms with van der Waals surface area (Å²) in [6, 6.07) is 8.73. The molecule has 1 N–H and O–H groups in total. The van der Waals surface area contributed by atoms with E-state index < -0.39 is 6.04 Å². The van der Waals surface area contributed by atoms with Gasteiger partial charge in [-0.25, -0.2) is 9.67 Å². The van der Waals surface area contributed by atoms with Gasteiger partial charge in [0.05, 0.1) is 24.6 Å². The molecule has 0 saturated heterocycles. The molecule has 3 heterocycles. The average Bonchev–Trinajstić information content (AvgIpc) is 3.31. The number of benzene rings is 1. The van der Waals surface area contributed by atoms with Crippen LogP contribution in [0.15, 0.2) is 61.4 Å². The lowest BCUT2D eigenvalue weighted by molar-refractivity contribution is -0.123. The van der Waals surface area contributed by atoms with E-state index in [-0.39, 0.29) is 5.91 Å². The fourth-order valence-electron chi connectivity index (χ4n) is 2.65. The lowest BCUT2D eigenvalue weighted by Gasteiger charge is -2.16. The number of nitrogens with one attached hydrogen (secondary N) is 1. The maximum atomic E-state index is 12.8. The highest BCUT2D eigenvalue weighted by atomic mass is 16.2. The Morgan fingerprint density at radius 3 is 2.88 bits per heavy atom. The summed E-state index contributed by atoms with van der Waals surface area (Å²) in [5, 5.41) is 14.1. The van der Waals surface area contributed by atoms with Crippen LogP contribution in [0.4, 0.5) is 0 Å². The second kappa shape index (κ2) is 6.48. The van der Waals surface area contributed by atoms with Crippen molar-refractivity contribution < 1.29 is 4.79 Å². The van der Waals surface area contributed by atoms with E-state index in [0.29, 0.717) is 6.54 Å². The van der Waals surface area contributed by atoms with Crippen LogP contribution in [0.1, 0.15) is 17.3 Å². The minimum absolute atomic E-state index is 0.206. The van der Waals surface area contributed by atoms with E-state index in [1.807, 2.05) is 34.7 Å². The first-order chi connectivity index (χ1) is 12.3. The standard InChI is InChI=1S/C16H14N8O/c25-16(19-9-13-8-18-14-10-17-6-7-23(13)14)15(24-11-20-21-22-24)12-4-2-1-3-5-12/h1-8,10-11,15H,9H2,(H,19,25). The first-order valence-electron chi connectivity index (χ1n) is 7.64. The lowest BCUT2D eigenvalue weighted by atomic mass is 10.1. The summed E-state index contributed by atoms with van der Waals surface area (Å²) in [4.78, 5) is 21.1. The van der Waals surface area contributed by atoms with Crippen molar-refractivity contribution in [3.8, 4) is 0 Å². The van der Waals surface area contributed by atoms with Crippen LogP contribution in [-0.4, -0.2) is 40.5 Å². The van der Waals surface area contributed by atoms with Crippen LogP contribution in [0.2, 0.25) is 0 Å². The predicted octanol–water partition coefficient (Wildman–Crippen LogP) is 0.622. The monoisotopic (exact) mass is 334 g/mol. The van der Waals surface area contributed by atoms with Crippen LogP contribution in [0.5, 0.6) is 0 Å². The van der Waals surface area contributed by atoms with Crippen LogP contribution >= 0.6 is 0 Å². The van der Waals surface area contributed by atoms with Gasteiger partial charge in [-0.2, -0.15) is 0 Å². The van der Waals surface area contributed by atoms with E-state index in [0.717, 1.165) is 16.9 Å². The minimum Gasteiger partial charge on any atom is -0.348 e. The summed E-state index contributed by atoms with van der Waals surface area (Å²) in [5.74, 6) is -0.206. The molecule has 4 aromatic rings. The molecule has 0 fully saturated rings. The molecule has 0 aliphatic carbocycles. The molecule has 1 aromatic carbocycles. The largest absolute Gasteiger partial charge is 0.348 e. The molecule has 0 bridgehead atoms. The third kappa shape index (κ3) is 2.94. The number of carbonyl (C=O) groups excluding carboxylic acids is 1. The van der Waals surface area contributed by atoms with Crippen LogP contribution in [0, 0.1) is 0 Å². The summed E-state index contributed by atoms with van der Waals surface area (Å²) >= 11 is 0. The van der Waals surface area contributed by atoms with Gasteiger partial charge in [-0.15, -0.1) is 5.10 Å². The lowest BCUT2D eigenvalue weighted by Crippen LogP contribution is -2.33. The molecule has 0 aliphatic rings. The van der Waals surface area contributed by atoms with Gasteiger partial charge in [0.1, 0.15) is 6.33 Å². The number of imidazole rings is 1. The summed E-state index contributed by atoms with van der Waals surface area (Å²) < 4.78 is 3.31. The molecular weight excluding hydrogens is 320 g/mol. The SMILES string of the molecule is O=C(NCc1cnc2cnccn12)C(c1ccccc1)n1cnnn1. The van der Waals surface area contributed by atoms with Crippen molar-refractivity contribution in [3.05, 3.63) is 72.7 Å². The summed E-state index contributed by atoms with van der Waals surface area (Å²) in [5.41, 5.74) is 2.38. The van der Waals surface area contributed by atoms with E-state index in [1.165, 1.54) is 11.0 Å². The van der Waals surface area contributed by atoms with Crippen molar-refractivity contribution >= 4 is 11.6 Å². The first kappa shape index (κ1) is 14.9. The Balaban J connectivity index is 1.57. The van der Waals surface area contributed by atoms with E-state index >= 15 is 0 Å². The Hall–Kier alpha value is -3.62. The van der Waals surface area contributed by atoms with E-state index in [4.69, 9.17) is 0 Å². The van der Waals surface area contributed by atoms with Gasteiger partial charge < -0.3 is 5.32 Å². The first-order valence-corrected chi connectivity index (χ1v) is 7.64. The Bertz CT molecular complexity index is 980.